The number of hydrogen-bond donors (Lipinski definition) is 0. The Labute approximate surface area is 230 Å². The molecule has 0 aliphatic rings. The van der Waals surface area contributed by atoms with E-state index in [9.17, 15) is 4.79 Å². The van der Waals surface area contributed by atoms with Crippen molar-refractivity contribution < 1.29 is 14.3 Å². The molecule has 0 aliphatic carbocycles. The van der Waals surface area contributed by atoms with E-state index in [2.05, 4.69) is 46.7 Å². The highest BCUT2D eigenvalue weighted by molar-refractivity contribution is 9.10. The highest BCUT2D eigenvalue weighted by Crippen LogP contribution is 2.29. The Morgan fingerprint density at radius 1 is 0.892 bits per heavy atom. The van der Waals surface area contributed by atoms with Crippen LogP contribution in [0.5, 0.6) is 11.5 Å². The van der Waals surface area contributed by atoms with E-state index in [-0.39, 0.29) is 6.10 Å². The van der Waals surface area contributed by atoms with E-state index in [4.69, 9.17) is 9.47 Å². The number of halogens is 1. The average Bonchev–Trinajstić information content (AvgIpc) is 2.91. The number of unbranched alkanes of at least 4 members (excludes halogenated alkanes) is 6. The molecular weight excluding hydrogens is 528 g/mol. The molecule has 3 aromatic rings. The smallest absolute Gasteiger partial charge is 0.343 e. The van der Waals surface area contributed by atoms with Gasteiger partial charge >= 0.3 is 5.97 Å². The van der Waals surface area contributed by atoms with E-state index in [1.54, 1.807) is 24.3 Å². The van der Waals surface area contributed by atoms with Gasteiger partial charge in [-0.05, 0) is 96.6 Å². The molecule has 5 nitrogen and oxygen atoms in total. The van der Waals surface area contributed by atoms with Crippen molar-refractivity contribution >= 4 is 21.9 Å². The maximum absolute atomic E-state index is 12.7. The lowest BCUT2D eigenvalue weighted by molar-refractivity contribution is 0.0734. The van der Waals surface area contributed by atoms with Gasteiger partial charge in [0.25, 0.3) is 0 Å². The van der Waals surface area contributed by atoms with Crippen LogP contribution >= 0.6 is 15.9 Å². The number of aromatic nitrogens is 2. The first-order valence-electron chi connectivity index (χ1n) is 13.6. The SMILES string of the molecule is CCCCCCc1cnc(-c2ccc(OC(=O)c3ccc(OC(C)CCCCCC)c(Br)c3)cc2)nc1. The molecule has 1 unspecified atom stereocenters. The van der Waals surface area contributed by atoms with Gasteiger partial charge in [-0.2, -0.15) is 0 Å². The molecule has 1 aromatic heterocycles. The molecule has 0 radical (unpaired) electrons. The van der Waals surface area contributed by atoms with Crippen LogP contribution in [-0.2, 0) is 6.42 Å². The summed E-state index contributed by atoms with van der Waals surface area (Å²) in [5.74, 6) is 1.44. The Morgan fingerprint density at radius 3 is 2.22 bits per heavy atom. The number of rotatable bonds is 15. The molecule has 0 saturated heterocycles. The number of carbonyl (C=O) groups is 1. The molecule has 1 heterocycles. The van der Waals surface area contributed by atoms with Crippen molar-refractivity contribution in [3.63, 3.8) is 0 Å². The first-order valence-corrected chi connectivity index (χ1v) is 14.4. The molecular formula is C31H39BrN2O3. The summed E-state index contributed by atoms with van der Waals surface area (Å²) in [7, 11) is 0. The third-order valence-corrected chi connectivity index (χ3v) is 6.93. The molecule has 0 saturated carbocycles. The van der Waals surface area contributed by atoms with Gasteiger partial charge in [-0.15, -0.1) is 0 Å². The van der Waals surface area contributed by atoms with Crippen molar-refractivity contribution in [1.82, 2.24) is 9.97 Å². The fourth-order valence-corrected chi connectivity index (χ4v) is 4.56. The zero-order chi connectivity index (χ0) is 26.5. The second-order valence-corrected chi connectivity index (χ2v) is 10.4. The molecule has 2 aromatic carbocycles. The van der Waals surface area contributed by atoms with Gasteiger partial charge in [-0.1, -0.05) is 52.4 Å². The van der Waals surface area contributed by atoms with E-state index in [0.29, 0.717) is 17.1 Å². The quantitative estimate of drug-likeness (QED) is 0.104. The van der Waals surface area contributed by atoms with E-state index >= 15 is 0 Å². The molecule has 0 amide bonds. The summed E-state index contributed by atoms with van der Waals surface area (Å²) < 4.78 is 12.4. The van der Waals surface area contributed by atoms with Crippen LogP contribution in [0.1, 0.15) is 94.5 Å². The van der Waals surface area contributed by atoms with Gasteiger partial charge in [0.2, 0.25) is 0 Å². The van der Waals surface area contributed by atoms with Crippen LogP contribution in [0.25, 0.3) is 11.4 Å². The zero-order valence-electron chi connectivity index (χ0n) is 22.3. The lowest BCUT2D eigenvalue weighted by Gasteiger charge is -2.16. The number of hydrogen-bond acceptors (Lipinski definition) is 5. The zero-order valence-corrected chi connectivity index (χ0v) is 23.9. The highest BCUT2D eigenvalue weighted by Gasteiger charge is 2.14. The summed E-state index contributed by atoms with van der Waals surface area (Å²) in [6, 6.07) is 12.6. The first kappa shape index (κ1) is 28.8. The van der Waals surface area contributed by atoms with E-state index in [1.807, 2.05) is 30.6 Å². The number of benzene rings is 2. The first-order chi connectivity index (χ1) is 18.0. The van der Waals surface area contributed by atoms with Crippen molar-refractivity contribution in [2.24, 2.45) is 0 Å². The molecule has 0 aliphatic heterocycles. The van der Waals surface area contributed by atoms with Gasteiger partial charge in [0.05, 0.1) is 16.1 Å². The third-order valence-electron chi connectivity index (χ3n) is 6.31. The van der Waals surface area contributed by atoms with Crippen LogP contribution in [-0.4, -0.2) is 22.0 Å². The summed E-state index contributed by atoms with van der Waals surface area (Å²) in [5.41, 5.74) is 2.50. The molecule has 198 valence electrons. The Hall–Kier alpha value is -2.73. The Balaban J connectivity index is 1.52. The number of esters is 1. The van der Waals surface area contributed by atoms with Gasteiger partial charge in [-0.25, -0.2) is 14.8 Å². The van der Waals surface area contributed by atoms with Gasteiger partial charge in [0.1, 0.15) is 11.5 Å². The van der Waals surface area contributed by atoms with Gasteiger partial charge < -0.3 is 9.47 Å². The molecule has 0 bridgehead atoms. The van der Waals surface area contributed by atoms with Crippen molar-refractivity contribution in [1.29, 1.82) is 0 Å². The Kier molecular flexibility index (Phi) is 12.1. The van der Waals surface area contributed by atoms with E-state index in [1.165, 1.54) is 44.9 Å². The number of aryl methyl sites for hydroxylation is 1. The summed E-state index contributed by atoms with van der Waals surface area (Å²) in [6.07, 6.45) is 15.7. The minimum Gasteiger partial charge on any atom is -0.490 e. The summed E-state index contributed by atoms with van der Waals surface area (Å²) in [5, 5.41) is 0. The van der Waals surface area contributed by atoms with Crippen LogP contribution in [0.15, 0.2) is 59.3 Å². The van der Waals surface area contributed by atoms with Crippen molar-refractivity contribution in [2.75, 3.05) is 0 Å². The lowest BCUT2D eigenvalue weighted by atomic mass is 10.1. The minimum absolute atomic E-state index is 0.121. The molecule has 0 fully saturated rings. The second-order valence-electron chi connectivity index (χ2n) is 9.56. The van der Waals surface area contributed by atoms with Crippen LogP contribution in [0.3, 0.4) is 0 Å². The Bertz CT molecular complexity index is 1100. The number of ether oxygens (including phenoxy) is 2. The summed E-state index contributed by atoms with van der Waals surface area (Å²) in [6.45, 7) is 6.51. The fraction of sp³-hybridized carbons (Fsp3) is 0.452. The molecule has 3 rings (SSSR count). The van der Waals surface area contributed by atoms with Crippen LogP contribution in [0, 0.1) is 0 Å². The van der Waals surface area contributed by atoms with Gasteiger partial charge in [0, 0.05) is 18.0 Å². The van der Waals surface area contributed by atoms with Crippen molar-refractivity contribution in [3.8, 4) is 22.9 Å². The summed E-state index contributed by atoms with van der Waals surface area (Å²) in [4.78, 5) is 21.7. The lowest BCUT2D eigenvalue weighted by Crippen LogP contribution is -2.13. The third kappa shape index (κ3) is 9.58. The fourth-order valence-electron chi connectivity index (χ4n) is 4.08. The minimum atomic E-state index is -0.420. The highest BCUT2D eigenvalue weighted by atomic mass is 79.9. The van der Waals surface area contributed by atoms with Gasteiger partial charge in [-0.3, -0.25) is 0 Å². The predicted octanol–water partition coefficient (Wildman–Crippen LogP) is 8.99. The van der Waals surface area contributed by atoms with Crippen LogP contribution < -0.4 is 9.47 Å². The predicted molar refractivity (Wildman–Crippen MR) is 153 cm³/mol. The van der Waals surface area contributed by atoms with E-state index in [0.717, 1.165) is 40.6 Å². The summed E-state index contributed by atoms with van der Waals surface area (Å²) >= 11 is 3.54. The average molecular weight is 568 g/mol. The molecule has 6 heteroatoms. The molecule has 37 heavy (non-hydrogen) atoms. The number of carbonyl (C=O) groups excluding carboxylic acids is 1. The van der Waals surface area contributed by atoms with Gasteiger partial charge in [0.15, 0.2) is 5.82 Å². The maximum Gasteiger partial charge on any atom is 0.343 e. The molecule has 0 spiro atoms. The maximum atomic E-state index is 12.7. The topological polar surface area (TPSA) is 61.3 Å². The van der Waals surface area contributed by atoms with Crippen LogP contribution in [0.2, 0.25) is 0 Å². The normalized spacial score (nSPS) is 11.8. The molecule has 0 N–H and O–H groups in total. The second kappa shape index (κ2) is 15.5. The largest absolute Gasteiger partial charge is 0.490 e. The monoisotopic (exact) mass is 566 g/mol. The van der Waals surface area contributed by atoms with Crippen LogP contribution in [0.4, 0.5) is 0 Å². The van der Waals surface area contributed by atoms with E-state index < -0.39 is 5.97 Å². The molecule has 1 atom stereocenters. The number of nitrogens with zero attached hydrogens (tertiary/aromatic N) is 2. The van der Waals surface area contributed by atoms with Crippen molar-refractivity contribution in [2.45, 2.75) is 91.1 Å². The van der Waals surface area contributed by atoms with Crippen molar-refractivity contribution in [3.05, 3.63) is 70.5 Å². The Morgan fingerprint density at radius 2 is 1.57 bits per heavy atom. The standard InChI is InChI=1S/C31H39BrN2O3/c1-4-6-8-10-12-23(3)36-29-19-16-26(20-28(29)32)31(35)37-27-17-14-25(15-18-27)30-33-21-24(22-34-30)13-11-9-7-5-2/h14-23H,4-13H2,1-3H3.